The Balaban J connectivity index is 0.000000249. The monoisotopic (exact) mass is 864 g/mol. The van der Waals surface area contributed by atoms with Crippen molar-refractivity contribution in [1.29, 1.82) is 0 Å². The quantitative estimate of drug-likeness (QED) is 0.0211. The van der Waals surface area contributed by atoms with E-state index >= 15 is 0 Å². The molecule has 2 unspecified atom stereocenters. The molecule has 64 heavy (non-hydrogen) atoms. The van der Waals surface area contributed by atoms with Gasteiger partial charge in [0.05, 0.1) is 0 Å². The minimum absolute atomic E-state index is 0.0513. The van der Waals surface area contributed by atoms with Crippen molar-refractivity contribution in [2.75, 3.05) is 23.7 Å². The summed E-state index contributed by atoms with van der Waals surface area (Å²) in [5.41, 5.74) is 14.5. The molecule has 6 aromatic carbocycles. The van der Waals surface area contributed by atoms with E-state index in [0.29, 0.717) is 24.7 Å². The average molecular weight is 865 g/mol. The van der Waals surface area contributed by atoms with Gasteiger partial charge in [-0.25, -0.2) is 9.59 Å². The zero-order valence-electron chi connectivity index (χ0n) is 36.1. The molecule has 10 N–H and O–H groups in total. The van der Waals surface area contributed by atoms with Crippen LogP contribution in [0.5, 0.6) is 0 Å². The largest absolute Gasteiger partial charge is 0.473 e. The number of nitrogens with two attached hydrogens (primary N) is 2. The number of carboxylic acids is 2. The highest BCUT2D eigenvalue weighted by Crippen LogP contribution is 2.27. The van der Waals surface area contributed by atoms with Crippen LogP contribution in [0, 0.1) is 0 Å². The van der Waals surface area contributed by atoms with Crippen molar-refractivity contribution in [3.8, 4) is 0 Å². The zero-order chi connectivity index (χ0) is 45.8. The minimum Gasteiger partial charge on any atom is -0.473 e. The number of hydrogen-bond acceptors (Lipinski definition) is 8. The molecule has 2 amide bonds. The molecular formula is C52H60N6O6. The SMILES string of the molecule is NNCCc1ccc(NC(=O)CCC(Cc2ccccc2)c2ccccc2)cc1.NNCCc1ccc(NC(=O)CCC(Cc2ccccc2)c2ccccc2)cc1.O=C(O)C(=O)O. The molecule has 0 radical (unpaired) electrons. The van der Waals surface area contributed by atoms with Crippen LogP contribution in [-0.2, 0) is 44.9 Å². The normalized spacial score (nSPS) is 11.3. The van der Waals surface area contributed by atoms with E-state index in [-0.39, 0.29) is 11.8 Å². The van der Waals surface area contributed by atoms with E-state index in [1.165, 1.54) is 33.4 Å². The molecule has 0 saturated carbocycles. The first-order valence-corrected chi connectivity index (χ1v) is 21.4. The lowest BCUT2D eigenvalue weighted by Gasteiger charge is -2.18. The molecule has 0 bridgehead atoms. The van der Waals surface area contributed by atoms with Crippen LogP contribution in [0.4, 0.5) is 11.4 Å². The Morgan fingerprint density at radius 2 is 0.734 bits per heavy atom. The Morgan fingerprint density at radius 1 is 0.422 bits per heavy atom. The predicted octanol–water partition coefficient (Wildman–Crippen LogP) is 8.03. The van der Waals surface area contributed by atoms with E-state index in [4.69, 9.17) is 31.5 Å². The number of hydrogen-bond donors (Lipinski definition) is 8. The smallest absolute Gasteiger partial charge is 0.414 e. The highest BCUT2D eigenvalue weighted by molar-refractivity contribution is 6.27. The van der Waals surface area contributed by atoms with Crippen molar-refractivity contribution >= 4 is 35.1 Å². The van der Waals surface area contributed by atoms with Gasteiger partial charge in [-0.1, -0.05) is 146 Å². The van der Waals surface area contributed by atoms with E-state index in [9.17, 15) is 9.59 Å². The Hall–Kier alpha value is -6.96. The van der Waals surface area contributed by atoms with Gasteiger partial charge in [0.2, 0.25) is 11.8 Å². The summed E-state index contributed by atoms with van der Waals surface area (Å²) in [6.45, 7) is 1.46. The molecule has 6 aromatic rings. The summed E-state index contributed by atoms with van der Waals surface area (Å²) in [4.78, 5) is 43.2. The number of amides is 2. The first-order chi connectivity index (χ1) is 31.1. The molecule has 0 aliphatic carbocycles. The maximum Gasteiger partial charge on any atom is 0.414 e. The van der Waals surface area contributed by atoms with Crippen LogP contribution in [0.3, 0.4) is 0 Å². The van der Waals surface area contributed by atoms with Gasteiger partial charge < -0.3 is 20.8 Å². The molecule has 0 fully saturated rings. The lowest BCUT2D eigenvalue weighted by atomic mass is 9.88. The summed E-state index contributed by atoms with van der Waals surface area (Å²) in [6, 6.07) is 57.7. The zero-order valence-corrected chi connectivity index (χ0v) is 36.1. The summed E-state index contributed by atoms with van der Waals surface area (Å²) < 4.78 is 0. The van der Waals surface area contributed by atoms with E-state index in [0.717, 1.165) is 63.0 Å². The Bertz CT molecular complexity index is 2080. The second kappa shape index (κ2) is 28.6. The predicted molar refractivity (Wildman–Crippen MR) is 254 cm³/mol. The number of rotatable bonds is 20. The Morgan fingerprint density at radius 3 is 1.03 bits per heavy atom. The standard InChI is InChI=1S/2C25H29N3O.C2H2O4/c2*26-27-18-17-20-11-14-24(15-12-20)28-25(29)16-13-23(22-9-5-2-6-10-22)19-21-7-3-1-4-8-21;3-1(4)2(5)6/h2*1-12,14-15,23,27H,13,16-19,26H2,(H,28,29);(H,3,4)(H,5,6). The number of benzene rings is 6. The van der Waals surface area contributed by atoms with E-state index in [1.54, 1.807) is 0 Å². The third-order valence-corrected chi connectivity index (χ3v) is 10.4. The van der Waals surface area contributed by atoms with Crippen LogP contribution in [-0.4, -0.2) is 47.1 Å². The molecule has 0 aliphatic rings. The number of carbonyl (C=O) groups is 4. The second-order valence-corrected chi connectivity index (χ2v) is 15.2. The van der Waals surface area contributed by atoms with Gasteiger partial charge in [0, 0.05) is 37.3 Å². The molecule has 12 heteroatoms. The average Bonchev–Trinajstić information content (AvgIpc) is 3.33. The third kappa shape index (κ3) is 19.4. The van der Waals surface area contributed by atoms with E-state index in [1.807, 2.05) is 72.8 Å². The summed E-state index contributed by atoms with van der Waals surface area (Å²) in [7, 11) is 0. The van der Waals surface area contributed by atoms with Gasteiger partial charge in [-0.15, -0.1) is 0 Å². The third-order valence-electron chi connectivity index (χ3n) is 10.4. The molecule has 6 rings (SSSR count). The Labute approximate surface area is 376 Å². The fraction of sp³-hybridized carbons (Fsp3) is 0.231. The van der Waals surface area contributed by atoms with Gasteiger partial charge in [0.1, 0.15) is 0 Å². The van der Waals surface area contributed by atoms with E-state index < -0.39 is 11.9 Å². The molecule has 334 valence electrons. The maximum absolute atomic E-state index is 12.5. The maximum atomic E-state index is 12.5. The number of nitrogens with one attached hydrogen (secondary N) is 4. The first kappa shape index (κ1) is 49.7. The fourth-order valence-electron chi connectivity index (χ4n) is 7.02. The molecule has 0 heterocycles. The van der Waals surface area contributed by atoms with Gasteiger partial charge in [-0.05, 0) is 108 Å². The number of carboxylic acid groups (broad SMARTS) is 2. The lowest BCUT2D eigenvalue weighted by molar-refractivity contribution is -0.159. The van der Waals surface area contributed by atoms with Crippen molar-refractivity contribution in [2.45, 2.75) is 63.2 Å². The van der Waals surface area contributed by atoms with Crippen LogP contribution in [0.25, 0.3) is 0 Å². The van der Waals surface area contributed by atoms with Gasteiger partial charge in [0.25, 0.3) is 0 Å². The number of anilines is 2. The van der Waals surface area contributed by atoms with Gasteiger partial charge in [-0.3, -0.25) is 32.1 Å². The summed E-state index contributed by atoms with van der Waals surface area (Å²) in [6.07, 6.45) is 6.20. The van der Waals surface area contributed by atoms with Gasteiger partial charge in [-0.2, -0.15) is 0 Å². The number of hydrazine groups is 2. The molecular weight excluding hydrogens is 805 g/mol. The molecule has 12 nitrogen and oxygen atoms in total. The van der Waals surface area contributed by atoms with Crippen molar-refractivity contribution in [2.24, 2.45) is 11.7 Å². The molecule has 0 spiro atoms. The topological polar surface area (TPSA) is 209 Å². The fourth-order valence-corrected chi connectivity index (χ4v) is 7.02. The van der Waals surface area contributed by atoms with Crippen LogP contribution >= 0.6 is 0 Å². The lowest BCUT2D eigenvalue weighted by Crippen LogP contribution is -2.24. The molecule has 0 aliphatic heterocycles. The highest BCUT2D eigenvalue weighted by atomic mass is 16.4. The van der Waals surface area contributed by atoms with Crippen molar-refractivity contribution < 1.29 is 29.4 Å². The molecule has 0 aromatic heterocycles. The number of carbonyl (C=O) groups excluding carboxylic acids is 2. The molecule has 2 atom stereocenters. The second-order valence-electron chi connectivity index (χ2n) is 15.2. The summed E-state index contributed by atoms with van der Waals surface area (Å²) >= 11 is 0. The number of aliphatic carboxylic acids is 2. The van der Waals surface area contributed by atoms with Gasteiger partial charge >= 0.3 is 11.9 Å². The van der Waals surface area contributed by atoms with Gasteiger partial charge in [0.15, 0.2) is 0 Å². The van der Waals surface area contributed by atoms with Crippen LogP contribution in [0.15, 0.2) is 170 Å². The summed E-state index contributed by atoms with van der Waals surface area (Å²) in [5.74, 6) is 7.71. The summed E-state index contributed by atoms with van der Waals surface area (Å²) in [5, 5.41) is 20.8. The van der Waals surface area contributed by atoms with Crippen LogP contribution in [0.2, 0.25) is 0 Å². The van der Waals surface area contributed by atoms with Crippen molar-refractivity contribution in [1.82, 2.24) is 10.9 Å². The van der Waals surface area contributed by atoms with Crippen LogP contribution in [0.1, 0.15) is 70.9 Å². The van der Waals surface area contributed by atoms with E-state index in [2.05, 4.69) is 119 Å². The first-order valence-electron chi connectivity index (χ1n) is 21.4. The Kier molecular flexibility index (Phi) is 22.2. The minimum atomic E-state index is -1.82. The van der Waals surface area contributed by atoms with Crippen molar-refractivity contribution in [3.05, 3.63) is 203 Å². The highest BCUT2D eigenvalue weighted by Gasteiger charge is 2.16. The van der Waals surface area contributed by atoms with Crippen molar-refractivity contribution in [3.63, 3.8) is 0 Å². The van der Waals surface area contributed by atoms with Crippen LogP contribution < -0.4 is 33.2 Å². The molecule has 0 saturated heterocycles.